The molecule has 0 saturated carbocycles. The molecular weight excluding hydrogens is 421 g/mol. The first kappa shape index (κ1) is 20.3. The van der Waals surface area contributed by atoms with Crippen LogP contribution in [0.25, 0.3) is 21.5 Å². The molecule has 0 aliphatic heterocycles. The summed E-state index contributed by atoms with van der Waals surface area (Å²) in [6.45, 7) is 0.862. The van der Waals surface area contributed by atoms with E-state index in [1.807, 2.05) is 30.3 Å². The monoisotopic (exact) mass is 441 g/mol. The van der Waals surface area contributed by atoms with E-state index in [0.717, 1.165) is 33.3 Å². The third-order valence-electron chi connectivity index (χ3n) is 5.64. The average Bonchev–Trinajstić information content (AvgIpc) is 2.82. The number of benzene rings is 5. The second-order valence-corrected chi connectivity index (χ2v) is 8.08. The molecule has 0 fully saturated rings. The highest BCUT2D eigenvalue weighted by atomic mass is 35.5. The first-order chi connectivity index (χ1) is 15.7. The number of hydrogen-bond acceptors (Lipinski definition) is 2. The highest BCUT2D eigenvalue weighted by Crippen LogP contribution is 2.31. The third kappa shape index (κ3) is 4.12. The molecule has 0 atom stereocenters. The van der Waals surface area contributed by atoms with Gasteiger partial charge in [0.1, 0.15) is 18.2 Å². The maximum Gasteiger partial charge on any atom is 0.125 e. The summed E-state index contributed by atoms with van der Waals surface area (Å²) in [5.74, 6) is 0.418. The molecule has 0 bridgehead atoms. The topological polar surface area (TPSA) is 21.3 Å². The van der Waals surface area contributed by atoms with Crippen LogP contribution in [-0.2, 0) is 13.2 Å². The molecule has 32 heavy (non-hydrogen) atoms. The van der Waals surface area contributed by atoms with Crippen molar-refractivity contribution in [1.82, 2.24) is 0 Å². The van der Waals surface area contributed by atoms with Crippen LogP contribution in [0.2, 0.25) is 5.02 Å². The molecule has 5 aromatic carbocycles. The quantitative estimate of drug-likeness (QED) is 0.288. The molecule has 4 heteroatoms. The van der Waals surface area contributed by atoms with Crippen LogP contribution in [0.3, 0.4) is 0 Å². The summed E-state index contributed by atoms with van der Waals surface area (Å²) in [7, 11) is 0. The SMILES string of the molecule is Fc1ccc(COc2ccc3ccccc3c2CNc2cccc3ccccc23)c(Cl)c1. The molecule has 0 radical (unpaired) electrons. The number of ether oxygens (including phenoxy) is 1. The third-order valence-corrected chi connectivity index (χ3v) is 5.99. The standard InChI is InChI=1S/C28H21ClFNO/c29-26-16-22(30)14-12-21(26)18-32-28-15-13-20-7-1-3-9-23(20)25(28)17-31-27-11-5-8-19-6-2-4-10-24(19)27/h1-16,31H,17-18H2. The van der Waals surface area contributed by atoms with E-state index in [2.05, 4.69) is 53.8 Å². The lowest BCUT2D eigenvalue weighted by Crippen LogP contribution is -2.05. The van der Waals surface area contributed by atoms with Crippen molar-refractivity contribution in [3.63, 3.8) is 0 Å². The molecule has 0 aliphatic carbocycles. The largest absolute Gasteiger partial charge is 0.488 e. The molecule has 1 N–H and O–H groups in total. The van der Waals surface area contributed by atoms with Gasteiger partial charge in [0.25, 0.3) is 0 Å². The van der Waals surface area contributed by atoms with Crippen molar-refractivity contribution in [3.8, 4) is 5.75 Å². The van der Waals surface area contributed by atoms with Crippen molar-refractivity contribution in [3.05, 3.63) is 119 Å². The van der Waals surface area contributed by atoms with Crippen LogP contribution < -0.4 is 10.1 Å². The predicted octanol–water partition coefficient (Wildman–Crippen LogP) is 7.98. The molecule has 0 amide bonds. The zero-order valence-electron chi connectivity index (χ0n) is 17.3. The highest BCUT2D eigenvalue weighted by molar-refractivity contribution is 6.31. The lowest BCUT2D eigenvalue weighted by Gasteiger charge is -2.17. The Morgan fingerprint density at radius 2 is 1.47 bits per heavy atom. The first-order valence-electron chi connectivity index (χ1n) is 10.5. The number of nitrogens with one attached hydrogen (secondary N) is 1. The van der Waals surface area contributed by atoms with Gasteiger partial charge in [-0.3, -0.25) is 0 Å². The van der Waals surface area contributed by atoms with Gasteiger partial charge in [0.05, 0.1) is 5.02 Å². The van der Waals surface area contributed by atoms with Crippen molar-refractivity contribution < 1.29 is 9.13 Å². The van der Waals surface area contributed by atoms with Gasteiger partial charge in [0, 0.05) is 28.7 Å². The van der Waals surface area contributed by atoms with Gasteiger partial charge < -0.3 is 10.1 Å². The summed E-state index contributed by atoms with van der Waals surface area (Å²) in [5.41, 5.74) is 2.88. The normalized spacial score (nSPS) is 11.1. The number of fused-ring (bicyclic) bond motifs is 2. The van der Waals surface area contributed by atoms with Gasteiger partial charge in [-0.1, -0.05) is 84.4 Å². The number of hydrogen-bond donors (Lipinski definition) is 1. The molecule has 158 valence electrons. The van der Waals surface area contributed by atoms with Gasteiger partial charge in [-0.05, 0) is 40.4 Å². The molecule has 0 unspecified atom stereocenters. The van der Waals surface area contributed by atoms with E-state index in [1.54, 1.807) is 6.07 Å². The second kappa shape index (κ2) is 8.89. The number of rotatable bonds is 6. The van der Waals surface area contributed by atoms with Crippen LogP contribution in [0.4, 0.5) is 10.1 Å². The molecule has 0 heterocycles. The van der Waals surface area contributed by atoms with Crippen LogP contribution in [-0.4, -0.2) is 0 Å². The van der Waals surface area contributed by atoms with Crippen molar-refractivity contribution in [2.45, 2.75) is 13.2 Å². The Bertz CT molecular complexity index is 1410. The summed E-state index contributed by atoms with van der Waals surface area (Å²) >= 11 is 6.19. The summed E-state index contributed by atoms with van der Waals surface area (Å²) in [6.07, 6.45) is 0. The molecule has 0 spiro atoms. The fourth-order valence-corrected chi connectivity index (χ4v) is 4.21. The van der Waals surface area contributed by atoms with E-state index in [-0.39, 0.29) is 12.4 Å². The van der Waals surface area contributed by atoms with Crippen LogP contribution >= 0.6 is 11.6 Å². The lowest BCUT2D eigenvalue weighted by atomic mass is 10.0. The summed E-state index contributed by atoms with van der Waals surface area (Å²) in [6, 6.07) is 31.2. The molecule has 0 aliphatic rings. The minimum Gasteiger partial charge on any atom is -0.488 e. The van der Waals surface area contributed by atoms with Gasteiger partial charge in [-0.15, -0.1) is 0 Å². The van der Waals surface area contributed by atoms with Crippen LogP contribution in [0.5, 0.6) is 5.75 Å². The van der Waals surface area contributed by atoms with Crippen molar-refractivity contribution in [1.29, 1.82) is 0 Å². The molecule has 5 aromatic rings. The van der Waals surface area contributed by atoms with E-state index in [0.29, 0.717) is 11.6 Å². The van der Waals surface area contributed by atoms with Gasteiger partial charge in [0.2, 0.25) is 0 Å². The Labute approximate surface area is 191 Å². The van der Waals surface area contributed by atoms with Crippen molar-refractivity contribution in [2.24, 2.45) is 0 Å². The van der Waals surface area contributed by atoms with E-state index in [4.69, 9.17) is 16.3 Å². The molecule has 5 rings (SSSR count). The lowest BCUT2D eigenvalue weighted by molar-refractivity contribution is 0.304. The number of anilines is 1. The maximum absolute atomic E-state index is 13.4. The minimum absolute atomic E-state index is 0.263. The van der Waals surface area contributed by atoms with Crippen LogP contribution in [0.15, 0.2) is 97.1 Å². The Hall–Kier alpha value is -3.56. The number of halogens is 2. The molecule has 0 saturated heterocycles. The Balaban J connectivity index is 1.47. The first-order valence-corrected chi connectivity index (χ1v) is 10.9. The Morgan fingerprint density at radius 3 is 2.28 bits per heavy atom. The van der Waals surface area contributed by atoms with E-state index >= 15 is 0 Å². The summed E-state index contributed by atoms with van der Waals surface area (Å²) in [4.78, 5) is 0. The minimum atomic E-state index is -0.357. The van der Waals surface area contributed by atoms with Crippen molar-refractivity contribution in [2.75, 3.05) is 5.32 Å². The zero-order valence-corrected chi connectivity index (χ0v) is 18.1. The Kier molecular flexibility index (Phi) is 5.66. The maximum atomic E-state index is 13.4. The highest BCUT2D eigenvalue weighted by Gasteiger charge is 2.11. The van der Waals surface area contributed by atoms with Gasteiger partial charge in [-0.25, -0.2) is 4.39 Å². The fourth-order valence-electron chi connectivity index (χ4n) is 3.99. The van der Waals surface area contributed by atoms with Gasteiger partial charge in [0.15, 0.2) is 0 Å². The van der Waals surface area contributed by atoms with Crippen LogP contribution in [0, 0.1) is 5.82 Å². The van der Waals surface area contributed by atoms with Gasteiger partial charge >= 0.3 is 0 Å². The van der Waals surface area contributed by atoms with E-state index in [9.17, 15) is 4.39 Å². The van der Waals surface area contributed by atoms with E-state index < -0.39 is 0 Å². The molecule has 2 nitrogen and oxygen atoms in total. The summed E-state index contributed by atoms with van der Waals surface area (Å²) in [5, 5.41) is 8.60. The zero-order chi connectivity index (χ0) is 21.9. The van der Waals surface area contributed by atoms with Crippen molar-refractivity contribution >= 4 is 38.8 Å². The molecule has 0 aromatic heterocycles. The second-order valence-electron chi connectivity index (χ2n) is 7.67. The smallest absolute Gasteiger partial charge is 0.125 e. The Morgan fingerprint density at radius 1 is 0.750 bits per heavy atom. The van der Waals surface area contributed by atoms with E-state index in [1.165, 1.54) is 22.9 Å². The molecular formula is C28H21ClFNO. The van der Waals surface area contributed by atoms with Crippen LogP contribution in [0.1, 0.15) is 11.1 Å². The predicted molar refractivity (Wildman–Crippen MR) is 131 cm³/mol. The fraction of sp³-hybridized carbons (Fsp3) is 0.0714. The summed E-state index contributed by atoms with van der Waals surface area (Å²) < 4.78 is 19.6. The van der Waals surface area contributed by atoms with Gasteiger partial charge in [-0.2, -0.15) is 0 Å². The average molecular weight is 442 g/mol.